The molecule has 0 radical (unpaired) electrons. The lowest BCUT2D eigenvalue weighted by Gasteiger charge is -2.11. The summed E-state index contributed by atoms with van der Waals surface area (Å²) in [6.45, 7) is 4.05. The number of aryl methyl sites for hydroxylation is 2. The summed E-state index contributed by atoms with van der Waals surface area (Å²) in [7, 11) is 0. The summed E-state index contributed by atoms with van der Waals surface area (Å²) in [4.78, 5) is 0. The van der Waals surface area contributed by atoms with Crippen LogP contribution in [0.5, 0.6) is 0 Å². The number of nitrogens with zero attached hydrogens (tertiary/aromatic N) is 2. The van der Waals surface area contributed by atoms with Crippen molar-refractivity contribution in [2.24, 2.45) is 0 Å². The molecule has 0 saturated carbocycles. The van der Waals surface area contributed by atoms with Crippen LogP contribution in [0.3, 0.4) is 0 Å². The van der Waals surface area contributed by atoms with Crippen LogP contribution in [0.25, 0.3) is 10.8 Å². The molecule has 1 aromatic heterocycles. The minimum atomic E-state index is 0.801. The topological polar surface area (TPSA) is 37.8 Å². The van der Waals surface area contributed by atoms with Crippen molar-refractivity contribution in [3.8, 4) is 0 Å². The molecule has 2 aromatic carbocycles. The average Bonchev–Trinajstić information content (AvgIpc) is 2.44. The van der Waals surface area contributed by atoms with E-state index in [0.717, 1.165) is 28.0 Å². The lowest BCUT2D eigenvalue weighted by Crippen LogP contribution is -1.99. The Bertz CT molecular complexity index is 735. The van der Waals surface area contributed by atoms with Gasteiger partial charge in [-0.3, -0.25) is 0 Å². The van der Waals surface area contributed by atoms with Gasteiger partial charge in [0.25, 0.3) is 0 Å². The van der Waals surface area contributed by atoms with Crippen molar-refractivity contribution in [2.75, 3.05) is 5.32 Å². The average molecular weight is 249 g/mol. The van der Waals surface area contributed by atoms with Gasteiger partial charge in [-0.25, -0.2) is 0 Å². The van der Waals surface area contributed by atoms with Crippen LogP contribution in [0, 0.1) is 13.8 Å². The zero-order chi connectivity index (χ0) is 13.2. The van der Waals surface area contributed by atoms with Gasteiger partial charge in [0.15, 0.2) is 5.82 Å². The van der Waals surface area contributed by atoms with Crippen molar-refractivity contribution in [2.45, 2.75) is 13.8 Å². The number of fused-ring (bicyclic) bond motifs is 1. The van der Waals surface area contributed by atoms with Crippen LogP contribution in [0.15, 0.2) is 48.5 Å². The Labute approximate surface area is 112 Å². The van der Waals surface area contributed by atoms with E-state index in [-0.39, 0.29) is 0 Å². The Morgan fingerprint density at radius 1 is 0.789 bits per heavy atom. The SMILES string of the molecule is Cc1ccccc1Nc1nnc(C)c2ccccc12. The second-order valence-electron chi connectivity index (χ2n) is 4.62. The maximum Gasteiger partial charge on any atom is 0.160 e. The Morgan fingerprint density at radius 2 is 1.47 bits per heavy atom. The molecular weight excluding hydrogens is 234 g/mol. The smallest absolute Gasteiger partial charge is 0.160 e. The minimum Gasteiger partial charge on any atom is -0.338 e. The van der Waals surface area contributed by atoms with E-state index in [4.69, 9.17) is 0 Å². The quantitative estimate of drug-likeness (QED) is 0.746. The molecule has 0 amide bonds. The largest absolute Gasteiger partial charge is 0.338 e. The molecule has 0 aliphatic rings. The summed E-state index contributed by atoms with van der Waals surface area (Å²) in [6.07, 6.45) is 0. The molecular formula is C16H15N3. The first-order valence-corrected chi connectivity index (χ1v) is 6.30. The predicted octanol–water partition coefficient (Wildman–Crippen LogP) is 3.99. The third kappa shape index (κ3) is 2.15. The van der Waals surface area contributed by atoms with E-state index in [1.807, 2.05) is 37.3 Å². The van der Waals surface area contributed by atoms with Crippen molar-refractivity contribution in [3.05, 3.63) is 59.8 Å². The van der Waals surface area contributed by atoms with E-state index in [1.165, 1.54) is 5.56 Å². The maximum absolute atomic E-state index is 4.28. The number of para-hydroxylation sites is 1. The van der Waals surface area contributed by atoms with Gasteiger partial charge in [0.1, 0.15) is 0 Å². The van der Waals surface area contributed by atoms with Crippen LogP contribution >= 0.6 is 0 Å². The van der Waals surface area contributed by atoms with E-state index >= 15 is 0 Å². The molecule has 0 aliphatic heterocycles. The molecule has 0 bridgehead atoms. The van der Waals surface area contributed by atoms with Crippen LogP contribution in [-0.4, -0.2) is 10.2 Å². The fourth-order valence-electron chi connectivity index (χ4n) is 2.17. The predicted molar refractivity (Wildman–Crippen MR) is 78.7 cm³/mol. The highest BCUT2D eigenvalue weighted by molar-refractivity contribution is 5.94. The van der Waals surface area contributed by atoms with Gasteiger partial charge in [0, 0.05) is 16.5 Å². The Morgan fingerprint density at radius 3 is 2.26 bits per heavy atom. The van der Waals surface area contributed by atoms with Crippen molar-refractivity contribution >= 4 is 22.3 Å². The number of rotatable bonds is 2. The summed E-state index contributed by atoms with van der Waals surface area (Å²) in [5.41, 5.74) is 3.20. The van der Waals surface area contributed by atoms with Crippen molar-refractivity contribution < 1.29 is 0 Å². The molecule has 0 fully saturated rings. The molecule has 0 aliphatic carbocycles. The number of anilines is 2. The van der Waals surface area contributed by atoms with Gasteiger partial charge >= 0.3 is 0 Å². The summed E-state index contributed by atoms with van der Waals surface area (Å²) >= 11 is 0. The molecule has 1 heterocycles. The molecule has 1 N–H and O–H groups in total. The first kappa shape index (κ1) is 11.7. The van der Waals surface area contributed by atoms with Gasteiger partial charge in [0.2, 0.25) is 0 Å². The number of benzene rings is 2. The lowest BCUT2D eigenvalue weighted by atomic mass is 10.1. The molecule has 3 nitrogen and oxygen atoms in total. The summed E-state index contributed by atoms with van der Waals surface area (Å²) in [5, 5.41) is 14.1. The molecule has 3 rings (SSSR count). The highest BCUT2D eigenvalue weighted by Gasteiger charge is 2.07. The van der Waals surface area contributed by atoms with Crippen LogP contribution < -0.4 is 5.32 Å². The zero-order valence-corrected chi connectivity index (χ0v) is 11.0. The molecule has 94 valence electrons. The summed E-state index contributed by atoms with van der Waals surface area (Å²) in [5.74, 6) is 0.801. The second kappa shape index (κ2) is 4.69. The zero-order valence-electron chi connectivity index (χ0n) is 11.0. The number of hydrogen-bond donors (Lipinski definition) is 1. The third-order valence-electron chi connectivity index (χ3n) is 3.27. The van der Waals surface area contributed by atoms with Crippen LogP contribution in [0.4, 0.5) is 11.5 Å². The van der Waals surface area contributed by atoms with Gasteiger partial charge in [-0.05, 0) is 25.5 Å². The summed E-state index contributed by atoms with van der Waals surface area (Å²) in [6, 6.07) is 16.3. The first-order valence-electron chi connectivity index (χ1n) is 6.30. The van der Waals surface area contributed by atoms with E-state index in [9.17, 15) is 0 Å². The number of nitrogens with one attached hydrogen (secondary N) is 1. The molecule has 19 heavy (non-hydrogen) atoms. The Kier molecular flexibility index (Phi) is 2.88. The van der Waals surface area contributed by atoms with Gasteiger partial charge in [-0.15, -0.1) is 5.10 Å². The first-order chi connectivity index (χ1) is 9.25. The van der Waals surface area contributed by atoms with Crippen molar-refractivity contribution in [3.63, 3.8) is 0 Å². The van der Waals surface area contributed by atoms with Gasteiger partial charge in [-0.1, -0.05) is 42.5 Å². The van der Waals surface area contributed by atoms with Gasteiger partial charge in [0.05, 0.1) is 5.69 Å². The fraction of sp³-hybridized carbons (Fsp3) is 0.125. The molecule has 0 atom stereocenters. The number of aromatic nitrogens is 2. The molecule has 3 aromatic rings. The normalized spacial score (nSPS) is 10.6. The van der Waals surface area contributed by atoms with E-state index in [0.29, 0.717) is 0 Å². The Hall–Kier alpha value is -2.42. The second-order valence-corrected chi connectivity index (χ2v) is 4.62. The summed E-state index contributed by atoms with van der Waals surface area (Å²) < 4.78 is 0. The van der Waals surface area contributed by atoms with E-state index < -0.39 is 0 Å². The number of hydrogen-bond acceptors (Lipinski definition) is 3. The van der Waals surface area contributed by atoms with Crippen LogP contribution in [-0.2, 0) is 0 Å². The van der Waals surface area contributed by atoms with E-state index in [1.54, 1.807) is 0 Å². The standard InChI is InChI=1S/C16H15N3/c1-11-7-3-6-10-15(11)17-16-14-9-5-4-8-13(14)12(2)18-19-16/h3-10H,1-2H3,(H,17,19). The fourth-order valence-corrected chi connectivity index (χ4v) is 2.17. The lowest BCUT2D eigenvalue weighted by molar-refractivity contribution is 1.01. The Balaban J connectivity index is 2.12. The maximum atomic E-state index is 4.28. The van der Waals surface area contributed by atoms with Gasteiger partial charge in [-0.2, -0.15) is 5.10 Å². The third-order valence-corrected chi connectivity index (χ3v) is 3.27. The van der Waals surface area contributed by atoms with Crippen molar-refractivity contribution in [1.29, 1.82) is 0 Å². The molecule has 0 unspecified atom stereocenters. The minimum absolute atomic E-state index is 0.801. The van der Waals surface area contributed by atoms with Crippen molar-refractivity contribution in [1.82, 2.24) is 10.2 Å². The highest BCUT2D eigenvalue weighted by Crippen LogP contribution is 2.26. The van der Waals surface area contributed by atoms with Crippen LogP contribution in [0.2, 0.25) is 0 Å². The van der Waals surface area contributed by atoms with Gasteiger partial charge < -0.3 is 5.32 Å². The highest BCUT2D eigenvalue weighted by atomic mass is 15.2. The molecule has 0 saturated heterocycles. The van der Waals surface area contributed by atoms with Crippen LogP contribution in [0.1, 0.15) is 11.3 Å². The molecule has 3 heteroatoms. The molecule has 0 spiro atoms. The monoisotopic (exact) mass is 249 g/mol. The van der Waals surface area contributed by atoms with E-state index in [2.05, 4.69) is 40.6 Å².